The minimum absolute atomic E-state index is 0.0134. The van der Waals surface area contributed by atoms with Crippen LogP contribution in [0.4, 0.5) is 5.69 Å². The number of carbonyl (C=O) groups excluding carboxylic acids is 1. The van der Waals surface area contributed by atoms with E-state index < -0.39 is 0 Å². The predicted molar refractivity (Wildman–Crippen MR) is 141 cm³/mol. The third-order valence-corrected chi connectivity index (χ3v) is 6.59. The monoisotopic (exact) mass is 492 g/mol. The lowest BCUT2D eigenvalue weighted by Gasteiger charge is -2.34. The number of nitrogens with one attached hydrogen (secondary N) is 1. The molecule has 0 saturated carbocycles. The van der Waals surface area contributed by atoms with Gasteiger partial charge in [0.05, 0.1) is 12.7 Å². The maximum Gasteiger partial charge on any atom is 0.289 e. The number of carbonyl (C=O) groups is 1. The molecule has 36 heavy (non-hydrogen) atoms. The number of rotatable bonds is 8. The van der Waals surface area contributed by atoms with Gasteiger partial charge in [0, 0.05) is 50.2 Å². The molecule has 9 heteroatoms. The van der Waals surface area contributed by atoms with E-state index in [1.807, 2.05) is 25.1 Å². The maximum atomic E-state index is 13.0. The first kappa shape index (κ1) is 25.5. The smallest absolute Gasteiger partial charge is 0.289 e. The molecule has 1 aliphatic rings. The number of ether oxygens (including phenoxy) is 1. The first-order chi connectivity index (χ1) is 17.3. The van der Waals surface area contributed by atoms with E-state index in [1.165, 1.54) is 0 Å². The van der Waals surface area contributed by atoms with Gasteiger partial charge in [-0.25, -0.2) is 0 Å². The number of hydrogen-bond donors (Lipinski definition) is 2. The highest BCUT2D eigenvalue weighted by molar-refractivity contribution is 5.92. The Bertz CT molecular complexity index is 1200. The molecule has 1 aromatic heterocycles. The molecule has 3 aromatic rings. The van der Waals surface area contributed by atoms with Crippen molar-refractivity contribution in [2.24, 2.45) is 0 Å². The summed E-state index contributed by atoms with van der Waals surface area (Å²) in [6.45, 7) is 10.6. The van der Waals surface area contributed by atoms with E-state index in [-0.39, 0.29) is 23.4 Å². The Kier molecular flexibility index (Phi) is 7.79. The van der Waals surface area contributed by atoms with Crippen LogP contribution in [0.25, 0.3) is 17.1 Å². The van der Waals surface area contributed by atoms with Crippen molar-refractivity contribution in [2.45, 2.75) is 33.1 Å². The number of aromatic hydroxyl groups is 1. The number of methoxy groups -OCH3 is 1. The van der Waals surface area contributed by atoms with E-state index >= 15 is 0 Å². The average molecular weight is 493 g/mol. The van der Waals surface area contributed by atoms with Crippen LogP contribution in [-0.2, 0) is 0 Å². The predicted octanol–water partition coefficient (Wildman–Crippen LogP) is 3.66. The molecular weight excluding hydrogens is 456 g/mol. The Morgan fingerprint density at radius 3 is 2.36 bits per heavy atom. The van der Waals surface area contributed by atoms with Crippen molar-refractivity contribution >= 4 is 11.6 Å². The van der Waals surface area contributed by atoms with Crippen LogP contribution in [0.15, 0.2) is 36.4 Å². The number of phenols is 1. The van der Waals surface area contributed by atoms with E-state index in [2.05, 4.69) is 58.3 Å². The molecule has 1 saturated heterocycles. The molecule has 9 nitrogen and oxygen atoms in total. The summed E-state index contributed by atoms with van der Waals surface area (Å²) in [5.41, 5.74) is 3.30. The van der Waals surface area contributed by atoms with Crippen molar-refractivity contribution < 1.29 is 14.6 Å². The zero-order chi connectivity index (χ0) is 25.8. The summed E-state index contributed by atoms with van der Waals surface area (Å²) < 4.78 is 7.20. The van der Waals surface area contributed by atoms with Crippen molar-refractivity contribution in [3.05, 3.63) is 47.8 Å². The number of aromatic nitrogens is 3. The minimum Gasteiger partial charge on any atom is -0.507 e. The number of hydrogen-bond acceptors (Lipinski definition) is 7. The van der Waals surface area contributed by atoms with Crippen LogP contribution in [0.5, 0.6) is 11.5 Å². The normalized spacial score (nSPS) is 14.3. The van der Waals surface area contributed by atoms with E-state index in [9.17, 15) is 9.90 Å². The van der Waals surface area contributed by atoms with Gasteiger partial charge in [-0.3, -0.25) is 9.36 Å². The fraction of sp³-hybridized carbons (Fsp3) is 0.444. The van der Waals surface area contributed by atoms with Crippen molar-refractivity contribution in [3.8, 4) is 28.6 Å². The number of likely N-dealkylation sites (N-methyl/N-ethyl adjacent to an activating group) is 1. The maximum absolute atomic E-state index is 13.0. The first-order valence-electron chi connectivity index (χ1n) is 12.5. The van der Waals surface area contributed by atoms with Crippen molar-refractivity contribution in [3.63, 3.8) is 0 Å². The summed E-state index contributed by atoms with van der Waals surface area (Å²) in [5, 5.41) is 22.4. The SMILES string of the molecule is CCCNC(=O)c1nnc(-c2cc(C(C)C)c(OC)cc2O)n1-c1ccc(N2CCN(C)CC2)cc1. The number of benzene rings is 2. The highest BCUT2D eigenvalue weighted by atomic mass is 16.5. The van der Waals surface area contributed by atoms with Gasteiger partial charge in [-0.2, -0.15) is 0 Å². The molecule has 2 heterocycles. The summed E-state index contributed by atoms with van der Waals surface area (Å²) in [5.74, 6) is 1.04. The molecule has 1 amide bonds. The van der Waals surface area contributed by atoms with Crippen molar-refractivity contribution in [1.82, 2.24) is 25.0 Å². The van der Waals surface area contributed by atoms with Crippen LogP contribution >= 0.6 is 0 Å². The quantitative estimate of drug-likeness (QED) is 0.495. The van der Waals surface area contributed by atoms with Crippen LogP contribution in [0.1, 0.15) is 49.3 Å². The second kappa shape index (κ2) is 11.0. The first-order valence-corrected chi connectivity index (χ1v) is 12.5. The molecule has 192 valence electrons. The second-order valence-corrected chi connectivity index (χ2v) is 9.51. The fourth-order valence-corrected chi connectivity index (χ4v) is 4.44. The Morgan fingerprint density at radius 1 is 1.08 bits per heavy atom. The molecule has 2 aromatic carbocycles. The van der Waals surface area contributed by atoms with Crippen molar-refractivity contribution in [2.75, 3.05) is 51.8 Å². The summed E-state index contributed by atoms with van der Waals surface area (Å²) in [7, 11) is 3.72. The van der Waals surface area contributed by atoms with E-state index in [1.54, 1.807) is 17.7 Å². The lowest BCUT2D eigenvalue weighted by molar-refractivity contribution is 0.0941. The summed E-state index contributed by atoms with van der Waals surface area (Å²) in [4.78, 5) is 17.7. The summed E-state index contributed by atoms with van der Waals surface area (Å²) >= 11 is 0. The Labute approximate surface area is 212 Å². The van der Waals surface area contributed by atoms with Gasteiger partial charge >= 0.3 is 0 Å². The molecule has 0 atom stereocenters. The van der Waals surface area contributed by atoms with Gasteiger partial charge in [-0.05, 0) is 55.3 Å². The topological polar surface area (TPSA) is 95.8 Å². The molecule has 4 rings (SSSR count). The van der Waals surface area contributed by atoms with Crippen LogP contribution in [0.2, 0.25) is 0 Å². The lowest BCUT2D eigenvalue weighted by atomic mass is 9.98. The summed E-state index contributed by atoms with van der Waals surface area (Å²) in [6, 6.07) is 11.5. The van der Waals surface area contributed by atoms with Crippen LogP contribution in [0, 0.1) is 0 Å². The van der Waals surface area contributed by atoms with Gasteiger partial charge in [0.15, 0.2) is 5.82 Å². The fourth-order valence-electron chi connectivity index (χ4n) is 4.44. The molecule has 0 radical (unpaired) electrons. The van der Waals surface area contributed by atoms with Crippen molar-refractivity contribution in [1.29, 1.82) is 0 Å². The van der Waals surface area contributed by atoms with Gasteiger partial charge in [0.2, 0.25) is 5.82 Å². The van der Waals surface area contributed by atoms with Gasteiger partial charge in [0.25, 0.3) is 5.91 Å². The number of phenolic OH excluding ortho intramolecular Hbond substituents is 1. The van der Waals surface area contributed by atoms with E-state index in [0.717, 1.165) is 49.5 Å². The van der Waals surface area contributed by atoms with Crippen LogP contribution < -0.4 is 15.0 Å². The third-order valence-electron chi connectivity index (χ3n) is 6.59. The minimum atomic E-state index is -0.309. The molecule has 0 unspecified atom stereocenters. The number of nitrogens with zero attached hydrogens (tertiary/aromatic N) is 5. The van der Waals surface area contributed by atoms with E-state index in [0.29, 0.717) is 23.7 Å². The zero-order valence-electron chi connectivity index (χ0n) is 21.8. The Hall–Kier alpha value is -3.59. The Morgan fingerprint density at radius 2 is 1.75 bits per heavy atom. The van der Waals surface area contributed by atoms with E-state index in [4.69, 9.17) is 4.74 Å². The molecule has 1 fully saturated rings. The zero-order valence-corrected chi connectivity index (χ0v) is 21.8. The van der Waals surface area contributed by atoms with Crippen LogP contribution in [0.3, 0.4) is 0 Å². The number of piperazine rings is 1. The van der Waals surface area contributed by atoms with Gasteiger partial charge in [-0.15, -0.1) is 10.2 Å². The summed E-state index contributed by atoms with van der Waals surface area (Å²) in [6.07, 6.45) is 0.809. The third kappa shape index (κ3) is 5.16. The molecular formula is C27H36N6O3. The molecule has 0 aliphatic carbocycles. The van der Waals surface area contributed by atoms with Gasteiger partial charge < -0.3 is 25.0 Å². The molecule has 0 spiro atoms. The number of amides is 1. The highest BCUT2D eigenvalue weighted by Gasteiger charge is 2.25. The second-order valence-electron chi connectivity index (χ2n) is 9.51. The lowest BCUT2D eigenvalue weighted by Crippen LogP contribution is -2.44. The average Bonchev–Trinajstić information content (AvgIpc) is 3.32. The Balaban J connectivity index is 1.80. The number of anilines is 1. The van der Waals surface area contributed by atoms with Gasteiger partial charge in [-0.1, -0.05) is 20.8 Å². The standard InChI is InChI=1S/C27H36N6O3/c1-6-11-28-27(35)26-30-29-25(22-16-21(18(2)3)24(36-5)17-23(22)34)33(26)20-9-7-19(8-10-20)32-14-12-31(4)13-15-32/h7-10,16-18,34H,6,11-15H2,1-5H3,(H,28,35). The van der Waals surface area contributed by atoms with Gasteiger partial charge in [0.1, 0.15) is 11.5 Å². The molecule has 2 N–H and O–H groups in total. The molecule has 1 aliphatic heterocycles. The molecule has 0 bridgehead atoms. The van der Waals surface area contributed by atoms with Crippen LogP contribution in [-0.4, -0.2) is 77.6 Å². The largest absolute Gasteiger partial charge is 0.507 e. The highest BCUT2D eigenvalue weighted by Crippen LogP contribution is 2.38.